The number of unbranched alkanes of at least 4 members (excludes halogenated alkanes) is 53. The maximum Gasteiger partial charge on any atom is 0.220 e. The molecule has 0 aromatic rings. The Bertz CT molecular complexity index is 2070. The van der Waals surface area contributed by atoms with E-state index in [-0.39, 0.29) is 18.9 Å². The molecule has 17 unspecified atom stereocenters. The van der Waals surface area contributed by atoms with Gasteiger partial charge in [0.25, 0.3) is 0 Å². The van der Waals surface area contributed by atoms with Crippen molar-refractivity contribution in [2.45, 2.75) is 491 Å². The normalized spacial score (nSPS) is 25.6. The van der Waals surface area contributed by atoms with E-state index in [1.807, 2.05) is 6.08 Å². The first-order chi connectivity index (χ1) is 52.3. The smallest absolute Gasteiger partial charge is 0.220 e. The number of hydrogen-bond donors (Lipinski definition) is 12. The van der Waals surface area contributed by atoms with E-state index < -0.39 is 124 Å². The predicted octanol–water partition coefficient (Wildman–Crippen LogP) is 16.6. The third-order valence-corrected chi connectivity index (χ3v) is 22.4. The van der Waals surface area contributed by atoms with Crippen molar-refractivity contribution in [2.75, 3.05) is 26.4 Å². The number of amides is 1. The van der Waals surface area contributed by atoms with Crippen molar-refractivity contribution >= 4 is 5.91 Å². The van der Waals surface area contributed by atoms with Crippen LogP contribution in [0, 0.1) is 0 Å². The van der Waals surface area contributed by atoms with Gasteiger partial charge in [-0.1, -0.05) is 371 Å². The lowest BCUT2D eigenvalue weighted by Gasteiger charge is -2.48. The molecule has 19 heteroatoms. The third kappa shape index (κ3) is 47.5. The van der Waals surface area contributed by atoms with E-state index in [9.17, 15) is 61.0 Å². The minimum Gasteiger partial charge on any atom is -0.394 e. The van der Waals surface area contributed by atoms with Crippen molar-refractivity contribution in [1.29, 1.82) is 0 Å². The third-order valence-electron chi connectivity index (χ3n) is 22.4. The van der Waals surface area contributed by atoms with Crippen LogP contribution in [0.15, 0.2) is 36.5 Å². The molecule has 0 spiro atoms. The first-order valence-electron chi connectivity index (χ1n) is 44.7. The highest BCUT2D eigenvalue weighted by Crippen LogP contribution is 2.34. The van der Waals surface area contributed by atoms with E-state index in [1.54, 1.807) is 6.08 Å². The van der Waals surface area contributed by atoms with Crippen LogP contribution in [-0.2, 0) is 33.2 Å². The van der Waals surface area contributed by atoms with E-state index in [2.05, 4.69) is 43.5 Å². The highest BCUT2D eigenvalue weighted by Gasteiger charge is 2.54. The van der Waals surface area contributed by atoms with Crippen molar-refractivity contribution in [2.24, 2.45) is 0 Å². The molecule has 3 aliphatic rings. The number of carbonyl (C=O) groups is 1. The second kappa shape index (κ2) is 68.4. The van der Waals surface area contributed by atoms with Gasteiger partial charge in [0.15, 0.2) is 18.9 Å². The van der Waals surface area contributed by atoms with Crippen LogP contribution in [-0.4, -0.2) is 193 Å². The van der Waals surface area contributed by atoms with Crippen molar-refractivity contribution < 1.29 is 89.4 Å². The van der Waals surface area contributed by atoms with Crippen LogP contribution < -0.4 is 5.32 Å². The molecule has 3 fully saturated rings. The first-order valence-corrected chi connectivity index (χ1v) is 44.7. The monoisotopic (exact) mass is 1520 g/mol. The second-order valence-corrected chi connectivity index (χ2v) is 32.1. The average molecular weight is 1530 g/mol. The number of ether oxygens (including phenoxy) is 6. The lowest BCUT2D eigenvalue weighted by Crippen LogP contribution is -2.66. The zero-order chi connectivity index (χ0) is 77.4. The number of carbonyl (C=O) groups excluding carboxylic acids is 1. The standard InChI is InChI=1S/C88H165NO18/c1-3-5-7-9-11-13-15-17-19-21-23-25-27-29-30-31-32-33-34-35-36-37-38-39-40-42-44-46-48-50-52-54-56-58-60-62-64-66-76(94)89-71(72(93)65-63-61-59-57-55-53-51-49-47-45-43-41-28-26-24-22-20-18-16-14-12-10-8-6-4-2)70-102-86-82(100)79(97)84(74(68-91)104-86)107-88-83(101)80(98)85(75(69-92)105-88)106-87-81(99)78(96)77(95)73(67-90)103-87/h47,49,55,57,63,65,71-75,77-88,90-93,95-101H,3-46,48,50-54,56,58-62,64,66-70H2,1-2H3,(H,89,94)/b49-47+,57-55+,65-63+. The molecule has 3 rings (SSSR count). The topological polar surface area (TPSA) is 307 Å². The molecule has 107 heavy (non-hydrogen) atoms. The van der Waals surface area contributed by atoms with Crippen molar-refractivity contribution in [3.05, 3.63) is 36.5 Å². The molecule has 0 aliphatic carbocycles. The van der Waals surface area contributed by atoms with Gasteiger partial charge in [0.1, 0.15) is 73.2 Å². The summed E-state index contributed by atoms with van der Waals surface area (Å²) in [5, 5.41) is 121. The van der Waals surface area contributed by atoms with Crippen molar-refractivity contribution in [3.8, 4) is 0 Å². The number of nitrogens with one attached hydrogen (secondary N) is 1. The average Bonchev–Trinajstić information content (AvgIpc) is 0.782. The number of rotatable bonds is 73. The summed E-state index contributed by atoms with van der Waals surface area (Å²) in [6, 6.07) is -0.997. The molecule has 0 radical (unpaired) electrons. The Morgan fingerprint density at radius 3 is 0.935 bits per heavy atom. The SMILES string of the molecule is CCCCCCCCCCCCCCCCC/C=C/CC/C=C/CC/C=C/C(O)C(COC1OC(CO)C(OC2OC(CO)C(OC3OC(CO)C(O)C(O)C3O)C(O)C2O)C(O)C1O)NC(=O)CCCCCCCCCCCCCCCCCCCCCCCCCCCCCCCCCCCCCCC. The molecule has 12 N–H and O–H groups in total. The largest absolute Gasteiger partial charge is 0.394 e. The van der Waals surface area contributed by atoms with Gasteiger partial charge in [0.2, 0.25) is 5.91 Å². The maximum atomic E-state index is 13.5. The Hall–Kier alpha value is -1.99. The van der Waals surface area contributed by atoms with Gasteiger partial charge >= 0.3 is 0 Å². The molecule has 630 valence electrons. The van der Waals surface area contributed by atoms with Crippen LogP contribution in [0.25, 0.3) is 0 Å². The van der Waals surface area contributed by atoms with Gasteiger partial charge < -0.3 is 89.9 Å². The molecule has 3 aliphatic heterocycles. The summed E-state index contributed by atoms with van der Waals surface area (Å²) in [5.74, 6) is -0.281. The Morgan fingerprint density at radius 1 is 0.327 bits per heavy atom. The Morgan fingerprint density at radius 2 is 0.598 bits per heavy atom. The summed E-state index contributed by atoms with van der Waals surface area (Å²) < 4.78 is 34.5. The van der Waals surface area contributed by atoms with Crippen LogP contribution in [0.5, 0.6) is 0 Å². The van der Waals surface area contributed by atoms with Crippen molar-refractivity contribution in [3.63, 3.8) is 0 Å². The molecule has 3 heterocycles. The maximum absolute atomic E-state index is 13.5. The highest BCUT2D eigenvalue weighted by atomic mass is 16.8. The van der Waals surface area contributed by atoms with Crippen molar-refractivity contribution in [1.82, 2.24) is 5.32 Å². The summed E-state index contributed by atoms with van der Waals surface area (Å²) >= 11 is 0. The summed E-state index contributed by atoms with van der Waals surface area (Å²) in [5.41, 5.74) is 0. The van der Waals surface area contributed by atoms with Crippen LogP contribution in [0.1, 0.15) is 386 Å². The van der Waals surface area contributed by atoms with Gasteiger partial charge in [0.05, 0.1) is 38.6 Å². The van der Waals surface area contributed by atoms with Gasteiger partial charge in [0, 0.05) is 6.42 Å². The van der Waals surface area contributed by atoms with Crippen LogP contribution >= 0.6 is 0 Å². The van der Waals surface area contributed by atoms with Crippen LogP contribution in [0.2, 0.25) is 0 Å². The summed E-state index contributed by atoms with van der Waals surface area (Å²) in [6.07, 6.45) is 60.3. The molecule has 0 bridgehead atoms. The van der Waals surface area contributed by atoms with Gasteiger partial charge in [-0.2, -0.15) is 0 Å². The summed E-state index contributed by atoms with van der Waals surface area (Å²) in [7, 11) is 0. The summed E-state index contributed by atoms with van der Waals surface area (Å²) in [6.45, 7) is 1.78. The molecule has 19 nitrogen and oxygen atoms in total. The zero-order valence-corrected chi connectivity index (χ0v) is 67.9. The molecule has 1 amide bonds. The fourth-order valence-electron chi connectivity index (χ4n) is 15.3. The minimum absolute atomic E-state index is 0.237. The number of aliphatic hydroxyl groups is 11. The van der Waals surface area contributed by atoms with E-state index in [0.717, 1.165) is 44.9 Å². The van der Waals surface area contributed by atoms with E-state index >= 15 is 0 Å². The van der Waals surface area contributed by atoms with Gasteiger partial charge in [-0.25, -0.2) is 0 Å². The molecule has 0 saturated carbocycles. The van der Waals surface area contributed by atoms with Gasteiger partial charge in [-0.05, 0) is 44.9 Å². The molecule has 17 atom stereocenters. The highest BCUT2D eigenvalue weighted by molar-refractivity contribution is 5.76. The Kier molecular flexibility index (Phi) is 63.4. The Balaban J connectivity index is 1.32. The first kappa shape index (κ1) is 99.2. The Labute approximate surface area is 651 Å². The zero-order valence-electron chi connectivity index (χ0n) is 67.9. The fraction of sp³-hybridized carbons (Fsp3) is 0.920. The molecular weight excluding hydrogens is 1360 g/mol. The second-order valence-electron chi connectivity index (χ2n) is 32.1. The predicted molar refractivity (Wildman–Crippen MR) is 429 cm³/mol. The quantitative estimate of drug-likeness (QED) is 0.0199. The molecular formula is C88H165NO18. The van der Waals surface area contributed by atoms with E-state index in [0.29, 0.717) is 12.8 Å². The van der Waals surface area contributed by atoms with Crippen LogP contribution in [0.4, 0.5) is 0 Å². The fourth-order valence-corrected chi connectivity index (χ4v) is 15.3. The number of allylic oxidation sites excluding steroid dienone is 5. The van der Waals surface area contributed by atoms with E-state index in [4.69, 9.17) is 28.4 Å². The lowest BCUT2D eigenvalue weighted by atomic mass is 9.96. The molecule has 0 aromatic heterocycles. The summed E-state index contributed by atoms with van der Waals surface area (Å²) in [4.78, 5) is 13.5. The number of hydrogen-bond acceptors (Lipinski definition) is 18. The number of aliphatic hydroxyl groups excluding tert-OH is 11. The minimum atomic E-state index is -1.98. The van der Waals surface area contributed by atoms with E-state index in [1.165, 1.54) is 308 Å². The molecule has 0 aromatic carbocycles. The molecule has 3 saturated heterocycles. The van der Waals surface area contributed by atoms with Gasteiger partial charge in [-0.3, -0.25) is 4.79 Å². The van der Waals surface area contributed by atoms with Crippen LogP contribution in [0.3, 0.4) is 0 Å². The van der Waals surface area contributed by atoms with Gasteiger partial charge in [-0.15, -0.1) is 0 Å². The lowest BCUT2D eigenvalue weighted by molar-refractivity contribution is -0.379.